The quantitative estimate of drug-likeness (QED) is 0.408. The first-order chi connectivity index (χ1) is 3.48. The maximum Gasteiger partial charge on any atom is 0.217 e. The van der Waals surface area contributed by atoms with Gasteiger partial charge in [-0.2, -0.15) is 0 Å². The van der Waals surface area contributed by atoms with Crippen LogP contribution in [0.15, 0.2) is 0 Å². The van der Waals surface area contributed by atoms with Crippen molar-refractivity contribution < 1.29 is 0 Å². The van der Waals surface area contributed by atoms with E-state index in [1.165, 1.54) is 0 Å². The van der Waals surface area contributed by atoms with Crippen LogP contribution in [0.5, 0.6) is 0 Å². The van der Waals surface area contributed by atoms with Gasteiger partial charge in [0.05, 0.1) is 0 Å². The fourth-order valence-corrected chi connectivity index (χ4v) is 0.283. The molecule has 0 nitrogen and oxygen atoms in total. The Labute approximate surface area is 68.0 Å². The second-order valence-corrected chi connectivity index (χ2v) is 3.88. The second kappa shape index (κ2) is 3.03. The van der Waals surface area contributed by atoms with Gasteiger partial charge in [-0.3, -0.25) is 0 Å². The van der Waals surface area contributed by atoms with E-state index in [0.29, 0.717) is 0 Å². The molecule has 0 fully saturated rings. The summed E-state index contributed by atoms with van der Waals surface area (Å²) in [5, 5.41) is -0.854. The summed E-state index contributed by atoms with van der Waals surface area (Å²) < 4.78 is -1.55. The molecule has 0 radical (unpaired) electrons. The maximum atomic E-state index is 5.31. The van der Waals surface area contributed by atoms with Crippen LogP contribution in [-0.2, 0) is 0 Å². The second-order valence-electron chi connectivity index (χ2n) is 1.07. The Bertz CT molecular complexity index is 106. The van der Waals surface area contributed by atoms with E-state index in [9.17, 15) is 0 Å². The zero-order valence-electron chi connectivity index (χ0n) is 3.67. The summed E-state index contributed by atoms with van der Waals surface area (Å²) in [6, 6.07) is 0. The highest BCUT2D eigenvalue weighted by Crippen LogP contribution is 2.32. The molecule has 0 amide bonds. The lowest BCUT2D eigenvalue weighted by atomic mass is 10.5. The van der Waals surface area contributed by atoms with E-state index < -0.39 is 9.17 Å². The van der Waals surface area contributed by atoms with Crippen LogP contribution in [0, 0.1) is 12.3 Å². The molecule has 0 aromatic carbocycles. The average Bonchev–Trinajstić information content (AvgIpc) is 1.62. The Kier molecular flexibility index (Phi) is 3.31. The van der Waals surface area contributed by atoms with E-state index in [4.69, 9.17) is 52.8 Å². The molecule has 0 saturated carbocycles. The molecule has 0 aliphatic heterocycles. The number of hydrogen-bond acceptors (Lipinski definition) is 0. The number of halogens is 4. The summed E-state index contributed by atoms with van der Waals surface area (Å²) in [5.74, 6) is 2.07. The van der Waals surface area contributed by atoms with Crippen molar-refractivity contribution in [3.05, 3.63) is 0 Å². The van der Waals surface area contributed by atoms with Crippen molar-refractivity contribution in [3.63, 3.8) is 0 Å². The lowest BCUT2D eigenvalue weighted by Gasteiger charge is -2.10. The molecule has 0 rings (SSSR count). The first-order valence-corrected chi connectivity index (χ1v) is 3.22. The monoisotopic (exact) mass is 190 g/mol. The van der Waals surface area contributed by atoms with E-state index in [-0.39, 0.29) is 0 Å². The predicted molar refractivity (Wildman–Crippen MR) is 38.8 cm³/mol. The molecule has 0 heterocycles. The molecule has 0 aliphatic rings. The lowest BCUT2D eigenvalue weighted by molar-refractivity contribution is 1.12. The molecule has 1 atom stereocenters. The molecule has 0 spiro atoms. The molecule has 0 aliphatic carbocycles. The molecule has 0 aromatic rings. The van der Waals surface area contributed by atoms with Gasteiger partial charge in [0.15, 0.2) is 0 Å². The standard InChI is InChI=1S/C4H2Cl4/c1-2-3(5)4(6,7)8/h1,3H. The van der Waals surface area contributed by atoms with Crippen molar-refractivity contribution >= 4 is 46.4 Å². The van der Waals surface area contributed by atoms with Gasteiger partial charge < -0.3 is 0 Å². The van der Waals surface area contributed by atoms with Crippen LogP contribution in [0.3, 0.4) is 0 Å². The minimum absolute atomic E-state index is 0.854. The van der Waals surface area contributed by atoms with E-state index in [1.54, 1.807) is 0 Å². The third-order valence-corrected chi connectivity index (χ3v) is 1.88. The van der Waals surface area contributed by atoms with Gasteiger partial charge in [-0.25, -0.2) is 0 Å². The van der Waals surface area contributed by atoms with Crippen LogP contribution in [-0.4, -0.2) is 9.17 Å². The Morgan fingerprint density at radius 2 is 1.75 bits per heavy atom. The summed E-state index contributed by atoms with van der Waals surface area (Å²) >= 11 is 21.0. The van der Waals surface area contributed by atoms with Gasteiger partial charge in [0.1, 0.15) is 5.38 Å². The Morgan fingerprint density at radius 3 is 1.75 bits per heavy atom. The van der Waals surface area contributed by atoms with Gasteiger partial charge in [0.25, 0.3) is 0 Å². The molecule has 0 aromatic heterocycles. The molecular weight excluding hydrogens is 190 g/mol. The molecule has 0 bridgehead atoms. The zero-order chi connectivity index (χ0) is 6.78. The van der Waals surface area contributed by atoms with Crippen LogP contribution in [0.4, 0.5) is 0 Å². The molecular formula is C4H2Cl4. The van der Waals surface area contributed by atoms with Crippen LogP contribution < -0.4 is 0 Å². The van der Waals surface area contributed by atoms with Crippen LogP contribution in [0.25, 0.3) is 0 Å². The van der Waals surface area contributed by atoms with Gasteiger partial charge in [-0.15, -0.1) is 18.0 Å². The third kappa shape index (κ3) is 2.89. The van der Waals surface area contributed by atoms with E-state index in [0.717, 1.165) is 0 Å². The van der Waals surface area contributed by atoms with Crippen molar-refractivity contribution in [2.45, 2.75) is 9.17 Å². The number of rotatable bonds is 0. The fraction of sp³-hybridized carbons (Fsp3) is 0.500. The van der Waals surface area contributed by atoms with E-state index in [2.05, 4.69) is 5.92 Å². The highest BCUT2D eigenvalue weighted by molar-refractivity contribution is 6.70. The van der Waals surface area contributed by atoms with Gasteiger partial charge in [-0.05, 0) is 0 Å². The molecule has 4 heteroatoms. The molecule has 0 saturated heterocycles. The summed E-state index contributed by atoms with van der Waals surface area (Å²) in [7, 11) is 0. The number of terminal acetylenes is 1. The molecule has 46 valence electrons. The van der Waals surface area contributed by atoms with E-state index in [1.807, 2.05) is 0 Å². The maximum absolute atomic E-state index is 5.31. The van der Waals surface area contributed by atoms with Gasteiger partial charge in [0, 0.05) is 0 Å². The van der Waals surface area contributed by atoms with Crippen molar-refractivity contribution in [1.82, 2.24) is 0 Å². The van der Waals surface area contributed by atoms with Crippen molar-refractivity contribution in [2.24, 2.45) is 0 Å². The van der Waals surface area contributed by atoms with Crippen LogP contribution >= 0.6 is 46.4 Å². The zero-order valence-corrected chi connectivity index (χ0v) is 6.69. The smallest absolute Gasteiger partial charge is 0.118 e. The number of alkyl halides is 4. The summed E-state index contributed by atoms with van der Waals surface area (Å²) in [6.07, 6.45) is 4.82. The first kappa shape index (κ1) is 8.72. The van der Waals surface area contributed by atoms with Crippen LogP contribution in [0.2, 0.25) is 0 Å². The lowest BCUT2D eigenvalue weighted by Crippen LogP contribution is -2.16. The summed E-state index contributed by atoms with van der Waals surface area (Å²) in [6.45, 7) is 0. The topological polar surface area (TPSA) is 0 Å². The summed E-state index contributed by atoms with van der Waals surface area (Å²) in [5.41, 5.74) is 0. The van der Waals surface area contributed by atoms with Gasteiger partial charge >= 0.3 is 0 Å². The molecule has 0 N–H and O–H groups in total. The van der Waals surface area contributed by atoms with Crippen molar-refractivity contribution in [2.75, 3.05) is 0 Å². The number of hydrogen-bond donors (Lipinski definition) is 0. The predicted octanol–water partition coefficient (Wildman–Crippen LogP) is 2.60. The highest BCUT2D eigenvalue weighted by Gasteiger charge is 2.28. The summed E-state index contributed by atoms with van der Waals surface area (Å²) in [4.78, 5) is 0. The third-order valence-electron chi connectivity index (χ3n) is 0.434. The minimum atomic E-state index is -1.55. The van der Waals surface area contributed by atoms with Gasteiger partial charge in [0.2, 0.25) is 3.79 Å². The van der Waals surface area contributed by atoms with Crippen molar-refractivity contribution in [3.8, 4) is 12.3 Å². The molecule has 8 heavy (non-hydrogen) atoms. The largest absolute Gasteiger partial charge is 0.217 e. The highest BCUT2D eigenvalue weighted by atomic mass is 35.6. The first-order valence-electron chi connectivity index (χ1n) is 1.65. The fourth-order valence-electron chi connectivity index (χ4n) is 0.0945. The minimum Gasteiger partial charge on any atom is -0.118 e. The normalized spacial score (nSPS) is 14.9. The Hall–Kier alpha value is 0.720. The Balaban J connectivity index is 3.87. The van der Waals surface area contributed by atoms with Crippen molar-refractivity contribution in [1.29, 1.82) is 0 Å². The molecule has 1 unspecified atom stereocenters. The van der Waals surface area contributed by atoms with Gasteiger partial charge in [-0.1, -0.05) is 40.7 Å². The Morgan fingerprint density at radius 1 is 1.38 bits per heavy atom. The van der Waals surface area contributed by atoms with Crippen LogP contribution in [0.1, 0.15) is 0 Å². The van der Waals surface area contributed by atoms with E-state index >= 15 is 0 Å². The SMILES string of the molecule is C#CC(Cl)C(Cl)(Cl)Cl. The average molecular weight is 192 g/mol.